The largest absolute Gasteiger partial charge is 0.493 e. The van der Waals surface area contributed by atoms with Crippen molar-refractivity contribution in [1.82, 2.24) is 0 Å². The van der Waals surface area contributed by atoms with Crippen LogP contribution in [0, 0.1) is 0 Å². The van der Waals surface area contributed by atoms with Crippen molar-refractivity contribution in [3.63, 3.8) is 0 Å². The number of halogens is 1. The number of benzene rings is 2. The summed E-state index contributed by atoms with van der Waals surface area (Å²) in [4.78, 5) is 12.5. The average Bonchev–Trinajstić information content (AvgIpc) is 2.71. The molecule has 2 aromatic carbocycles. The van der Waals surface area contributed by atoms with E-state index in [0.717, 1.165) is 21.5 Å². The Hall–Kier alpha value is -2.06. The number of hydrogen-bond donors (Lipinski definition) is 1. The van der Waals surface area contributed by atoms with Crippen molar-refractivity contribution in [2.45, 2.75) is 17.9 Å². The molecule has 1 aliphatic rings. The zero-order valence-corrected chi connectivity index (χ0v) is 18.3. The first kappa shape index (κ1) is 20.7. The molecule has 1 atom stereocenters. The molecule has 0 spiro atoms. The van der Waals surface area contributed by atoms with Crippen LogP contribution < -0.4 is 24.3 Å². The molecular formula is C20H22BrNO5S. The maximum Gasteiger partial charge on any atom is 0.237 e. The van der Waals surface area contributed by atoms with Gasteiger partial charge in [0.15, 0.2) is 23.0 Å². The number of hydrogen-bond acceptors (Lipinski definition) is 6. The van der Waals surface area contributed by atoms with Crippen molar-refractivity contribution in [3.8, 4) is 23.0 Å². The van der Waals surface area contributed by atoms with Crippen molar-refractivity contribution in [2.75, 3.05) is 32.8 Å². The van der Waals surface area contributed by atoms with Crippen LogP contribution >= 0.6 is 27.7 Å². The van der Waals surface area contributed by atoms with Gasteiger partial charge in [-0.2, -0.15) is 0 Å². The van der Waals surface area contributed by atoms with Gasteiger partial charge in [-0.3, -0.25) is 4.79 Å². The fourth-order valence-corrected chi connectivity index (χ4v) is 4.19. The maximum absolute atomic E-state index is 12.5. The molecule has 0 fully saturated rings. The maximum atomic E-state index is 12.5. The van der Waals surface area contributed by atoms with Crippen LogP contribution in [0.4, 0.5) is 5.69 Å². The monoisotopic (exact) mass is 467 g/mol. The first-order chi connectivity index (χ1) is 13.5. The SMILES string of the molecule is COc1ccc(NC(=O)C(C)SCc2cc3c(cc2Br)OCCO3)cc1OC. The second kappa shape index (κ2) is 9.43. The van der Waals surface area contributed by atoms with Crippen LogP contribution in [0.15, 0.2) is 34.8 Å². The molecule has 8 heteroatoms. The quantitative estimate of drug-likeness (QED) is 0.646. The molecule has 1 unspecified atom stereocenters. The van der Waals surface area contributed by atoms with Gasteiger partial charge in [0.2, 0.25) is 5.91 Å². The second-order valence-electron chi connectivity index (χ2n) is 6.10. The lowest BCUT2D eigenvalue weighted by molar-refractivity contribution is -0.115. The number of thioether (sulfide) groups is 1. The predicted molar refractivity (Wildman–Crippen MR) is 114 cm³/mol. The predicted octanol–water partition coefficient (Wildman–Crippen LogP) is 4.50. The summed E-state index contributed by atoms with van der Waals surface area (Å²) >= 11 is 5.12. The Morgan fingerprint density at radius 2 is 1.82 bits per heavy atom. The van der Waals surface area contributed by atoms with Crippen LogP contribution in [-0.2, 0) is 10.5 Å². The summed E-state index contributed by atoms with van der Waals surface area (Å²) in [5.74, 6) is 3.26. The lowest BCUT2D eigenvalue weighted by Crippen LogP contribution is -2.22. The van der Waals surface area contributed by atoms with Crippen LogP contribution in [-0.4, -0.2) is 38.6 Å². The molecule has 3 rings (SSSR count). The molecule has 2 aromatic rings. The van der Waals surface area contributed by atoms with Crippen molar-refractivity contribution >= 4 is 39.3 Å². The first-order valence-corrected chi connectivity index (χ1v) is 10.6. The molecule has 0 saturated heterocycles. The minimum Gasteiger partial charge on any atom is -0.493 e. The molecular weight excluding hydrogens is 446 g/mol. The summed E-state index contributed by atoms with van der Waals surface area (Å²) in [5, 5.41) is 2.67. The summed E-state index contributed by atoms with van der Waals surface area (Å²) in [6.45, 7) is 2.99. The van der Waals surface area contributed by atoms with Gasteiger partial charge in [-0.25, -0.2) is 0 Å². The number of anilines is 1. The summed E-state index contributed by atoms with van der Waals surface area (Å²) in [6, 6.07) is 9.17. The molecule has 6 nitrogen and oxygen atoms in total. The van der Waals surface area contributed by atoms with Crippen LogP contribution in [0.3, 0.4) is 0 Å². The molecule has 0 aromatic heterocycles. The van der Waals surface area contributed by atoms with E-state index in [2.05, 4.69) is 21.2 Å². The minimum atomic E-state index is -0.242. The number of carbonyl (C=O) groups excluding carboxylic acids is 1. The lowest BCUT2D eigenvalue weighted by Gasteiger charge is -2.20. The molecule has 0 saturated carbocycles. The number of amides is 1. The zero-order valence-electron chi connectivity index (χ0n) is 15.9. The Kier molecular flexibility index (Phi) is 6.96. The standard InChI is InChI=1S/C20H22BrNO5S/c1-12(20(23)22-14-4-5-16(24-2)17(9-14)25-3)28-11-13-8-18-19(10-15(13)21)27-7-6-26-18/h4-5,8-10,12H,6-7,11H2,1-3H3,(H,22,23). The van der Waals surface area contributed by atoms with E-state index in [-0.39, 0.29) is 11.2 Å². The van der Waals surface area contributed by atoms with Gasteiger partial charge in [-0.15, -0.1) is 11.8 Å². The Labute approximate surface area is 177 Å². The highest BCUT2D eigenvalue weighted by molar-refractivity contribution is 9.10. The Morgan fingerprint density at radius 1 is 1.14 bits per heavy atom. The van der Waals surface area contributed by atoms with Gasteiger partial charge in [0.05, 0.1) is 19.5 Å². The number of carbonyl (C=O) groups is 1. The van der Waals surface area contributed by atoms with E-state index in [1.165, 1.54) is 0 Å². The van der Waals surface area contributed by atoms with Crippen molar-refractivity contribution in [3.05, 3.63) is 40.4 Å². The first-order valence-electron chi connectivity index (χ1n) is 8.74. The van der Waals surface area contributed by atoms with E-state index in [1.807, 2.05) is 19.1 Å². The Bertz CT molecular complexity index is 861. The van der Waals surface area contributed by atoms with E-state index in [9.17, 15) is 4.79 Å². The summed E-state index contributed by atoms with van der Waals surface area (Å²) < 4.78 is 22.6. The number of ether oxygens (including phenoxy) is 4. The molecule has 0 aliphatic carbocycles. The highest BCUT2D eigenvalue weighted by Crippen LogP contribution is 2.37. The third-order valence-electron chi connectivity index (χ3n) is 4.22. The summed E-state index contributed by atoms with van der Waals surface area (Å²) in [5.41, 5.74) is 1.72. The van der Waals surface area contributed by atoms with E-state index in [4.69, 9.17) is 18.9 Å². The molecule has 0 bridgehead atoms. The van der Waals surface area contributed by atoms with Gasteiger partial charge in [-0.05, 0) is 36.8 Å². The van der Waals surface area contributed by atoms with Crippen molar-refractivity contribution in [1.29, 1.82) is 0 Å². The molecule has 1 aliphatic heterocycles. The fourth-order valence-electron chi connectivity index (χ4n) is 2.67. The molecule has 1 heterocycles. The van der Waals surface area contributed by atoms with Crippen LogP contribution in [0.5, 0.6) is 23.0 Å². The molecule has 28 heavy (non-hydrogen) atoms. The normalized spacial score (nSPS) is 13.6. The average molecular weight is 468 g/mol. The molecule has 150 valence electrons. The van der Waals surface area contributed by atoms with Crippen LogP contribution in [0.25, 0.3) is 0 Å². The van der Waals surface area contributed by atoms with E-state index in [0.29, 0.717) is 36.2 Å². The van der Waals surface area contributed by atoms with Gasteiger partial charge < -0.3 is 24.3 Å². The van der Waals surface area contributed by atoms with Gasteiger partial charge in [0.1, 0.15) is 13.2 Å². The third kappa shape index (κ3) is 4.86. The van der Waals surface area contributed by atoms with Crippen LogP contribution in [0.2, 0.25) is 0 Å². The van der Waals surface area contributed by atoms with E-state index >= 15 is 0 Å². The number of rotatable bonds is 7. The lowest BCUT2D eigenvalue weighted by atomic mass is 10.2. The summed E-state index contributed by atoms with van der Waals surface area (Å²) in [6.07, 6.45) is 0. The number of methoxy groups -OCH3 is 2. The summed E-state index contributed by atoms with van der Waals surface area (Å²) in [7, 11) is 3.14. The second-order valence-corrected chi connectivity index (χ2v) is 8.28. The Balaban J connectivity index is 1.60. The smallest absolute Gasteiger partial charge is 0.237 e. The highest BCUT2D eigenvalue weighted by Gasteiger charge is 2.18. The third-order valence-corrected chi connectivity index (χ3v) is 6.15. The molecule has 1 N–H and O–H groups in total. The van der Waals surface area contributed by atoms with Crippen LogP contribution in [0.1, 0.15) is 12.5 Å². The molecule has 0 radical (unpaired) electrons. The van der Waals surface area contributed by atoms with Crippen molar-refractivity contribution in [2.24, 2.45) is 0 Å². The number of nitrogens with one attached hydrogen (secondary N) is 1. The van der Waals surface area contributed by atoms with Crippen molar-refractivity contribution < 1.29 is 23.7 Å². The Morgan fingerprint density at radius 3 is 2.50 bits per heavy atom. The van der Waals surface area contributed by atoms with Gasteiger partial charge in [-0.1, -0.05) is 15.9 Å². The topological polar surface area (TPSA) is 66.0 Å². The zero-order chi connectivity index (χ0) is 20.1. The van der Waals surface area contributed by atoms with E-state index < -0.39 is 0 Å². The minimum absolute atomic E-state index is 0.0779. The molecule has 1 amide bonds. The van der Waals surface area contributed by atoms with Gasteiger partial charge in [0.25, 0.3) is 0 Å². The van der Waals surface area contributed by atoms with Gasteiger partial charge >= 0.3 is 0 Å². The number of fused-ring (bicyclic) bond motifs is 1. The highest BCUT2D eigenvalue weighted by atomic mass is 79.9. The fraction of sp³-hybridized carbons (Fsp3) is 0.350. The van der Waals surface area contributed by atoms with E-state index in [1.54, 1.807) is 44.2 Å². The van der Waals surface area contributed by atoms with Gasteiger partial charge in [0, 0.05) is 22.0 Å².